The van der Waals surface area contributed by atoms with E-state index in [9.17, 15) is 9.59 Å². The maximum absolute atomic E-state index is 12.3. The first-order chi connectivity index (χ1) is 11.7. The molecule has 1 fully saturated rings. The van der Waals surface area contributed by atoms with Gasteiger partial charge in [0.05, 0.1) is 5.56 Å². The van der Waals surface area contributed by atoms with Crippen molar-refractivity contribution in [1.82, 2.24) is 20.1 Å². The van der Waals surface area contributed by atoms with E-state index in [4.69, 9.17) is 0 Å². The van der Waals surface area contributed by atoms with Crippen molar-refractivity contribution in [2.24, 2.45) is 0 Å². The molecule has 1 aliphatic rings. The van der Waals surface area contributed by atoms with E-state index < -0.39 is 0 Å². The summed E-state index contributed by atoms with van der Waals surface area (Å²) in [7, 11) is 0. The Balaban J connectivity index is 1.38. The van der Waals surface area contributed by atoms with Crippen LogP contribution in [0.4, 0.5) is 0 Å². The summed E-state index contributed by atoms with van der Waals surface area (Å²) in [5, 5.41) is 6.73. The number of hydrogen-bond acceptors (Lipinski definition) is 5. The Morgan fingerprint density at radius 3 is 2.50 bits per heavy atom. The standard InChI is InChI=1S/C17H20N4O2S/c22-16(14-1-4-18-5-2-14)19-6-7-20-8-10-21(11-9-20)17(23)15-3-12-24-13-15/h1-5,12-13H,6-11H2,(H,19,22). The summed E-state index contributed by atoms with van der Waals surface area (Å²) in [5.74, 6) is 0.0329. The molecule has 24 heavy (non-hydrogen) atoms. The van der Waals surface area contributed by atoms with Crippen LogP contribution in [0.3, 0.4) is 0 Å². The Kier molecular flexibility index (Phi) is 5.55. The Hall–Kier alpha value is -2.25. The van der Waals surface area contributed by atoms with Gasteiger partial charge >= 0.3 is 0 Å². The van der Waals surface area contributed by atoms with Gasteiger partial charge < -0.3 is 10.2 Å². The van der Waals surface area contributed by atoms with E-state index in [-0.39, 0.29) is 11.8 Å². The van der Waals surface area contributed by atoms with Gasteiger partial charge in [0.25, 0.3) is 11.8 Å². The smallest absolute Gasteiger partial charge is 0.254 e. The molecule has 2 aromatic rings. The third-order valence-electron chi connectivity index (χ3n) is 4.08. The Morgan fingerprint density at radius 2 is 1.83 bits per heavy atom. The first-order valence-corrected chi connectivity index (χ1v) is 8.90. The molecule has 0 spiro atoms. The van der Waals surface area contributed by atoms with Crippen LogP contribution in [0.1, 0.15) is 20.7 Å². The average Bonchev–Trinajstić information content (AvgIpc) is 3.17. The minimum Gasteiger partial charge on any atom is -0.351 e. The third-order valence-corrected chi connectivity index (χ3v) is 4.77. The number of carbonyl (C=O) groups is 2. The molecule has 0 aliphatic carbocycles. The number of nitrogens with one attached hydrogen (secondary N) is 1. The summed E-state index contributed by atoms with van der Waals surface area (Å²) in [6.45, 7) is 4.51. The summed E-state index contributed by atoms with van der Waals surface area (Å²) in [6.07, 6.45) is 3.22. The fraction of sp³-hybridized carbons (Fsp3) is 0.353. The van der Waals surface area contributed by atoms with Crippen LogP contribution in [0, 0.1) is 0 Å². The van der Waals surface area contributed by atoms with E-state index in [1.807, 2.05) is 21.7 Å². The van der Waals surface area contributed by atoms with Gasteiger partial charge in [0.15, 0.2) is 0 Å². The normalized spacial score (nSPS) is 15.2. The highest BCUT2D eigenvalue weighted by Gasteiger charge is 2.22. The van der Waals surface area contributed by atoms with Gasteiger partial charge in [0, 0.05) is 62.6 Å². The number of amides is 2. The van der Waals surface area contributed by atoms with Crippen LogP contribution < -0.4 is 5.32 Å². The average molecular weight is 344 g/mol. The zero-order valence-electron chi connectivity index (χ0n) is 13.4. The van der Waals surface area contributed by atoms with Crippen molar-refractivity contribution in [1.29, 1.82) is 0 Å². The van der Waals surface area contributed by atoms with Crippen molar-refractivity contribution in [2.75, 3.05) is 39.3 Å². The summed E-state index contributed by atoms with van der Waals surface area (Å²) in [6, 6.07) is 5.27. The number of aromatic nitrogens is 1. The van der Waals surface area contributed by atoms with Gasteiger partial charge in [0.2, 0.25) is 0 Å². The Morgan fingerprint density at radius 1 is 1.08 bits per heavy atom. The molecule has 7 heteroatoms. The minimum atomic E-state index is -0.0799. The molecule has 1 aliphatic heterocycles. The summed E-state index contributed by atoms with van der Waals surface area (Å²) >= 11 is 1.54. The van der Waals surface area contributed by atoms with E-state index in [0.29, 0.717) is 12.1 Å². The molecule has 2 amide bonds. The number of carbonyl (C=O) groups excluding carboxylic acids is 2. The molecule has 2 aromatic heterocycles. The molecule has 126 valence electrons. The lowest BCUT2D eigenvalue weighted by Gasteiger charge is -2.34. The van der Waals surface area contributed by atoms with E-state index in [0.717, 1.165) is 38.3 Å². The number of piperazine rings is 1. The lowest BCUT2D eigenvalue weighted by Crippen LogP contribution is -2.50. The predicted octanol–water partition coefficient (Wildman–Crippen LogP) is 1.33. The highest BCUT2D eigenvalue weighted by molar-refractivity contribution is 7.08. The van der Waals surface area contributed by atoms with Crippen LogP contribution in [0.25, 0.3) is 0 Å². The van der Waals surface area contributed by atoms with Crippen LogP contribution in [0.2, 0.25) is 0 Å². The molecule has 1 N–H and O–H groups in total. The molecule has 0 aromatic carbocycles. The number of hydrogen-bond donors (Lipinski definition) is 1. The second kappa shape index (κ2) is 8.03. The van der Waals surface area contributed by atoms with Crippen molar-refractivity contribution in [3.05, 3.63) is 52.5 Å². The van der Waals surface area contributed by atoms with Gasteiger partial charge in [-0.2, -0.15) is 11.3 Å². The molecular formula is C17H20N4O2S. The van der Waals surface area contributed by atoms with Gasteiger partial charge in [-0.15, -0.1) is 0 Å². The fourth-order valence-electron chi connectivity index (χ4n) is 2.68. The van der Waals surface area contributed by atoms with Gasteiger partial charge in [-0.25, -0.2) is 0 Å². The van der Waals surface area contributed by atoms with Crippen molar-refractivity contribution >= 4 is 23.2 Å². The van der Waals surface area contributed by atoms with E-state index in [1.165, 1.54) is 0 Å². The zero-order chi connectivity index (χ0) is 16.8. The first kappa shape index (κ1) is 16.6. The second-order valence-electron chi connectivity index (χ2n) is 5.64. The van der Waals surface area contributed by atoms with Gasteiger partial charge in [-0.1, -0.05) is 0 Å². The lowest BCUT2D eigenvalue weighted by atomic mass is 10.2. The molecule has 0 radical (unpaired) electrons. The highest BCUT2D eigenvalue weighted by atomic mass is 32.1. The maximum Gasteiger partial charge on any atom is 0.254 e. The van der Waals surface area contributed by atoms with Crippen molar-refractivity contribution in [3.63, 3.8) is 0 Å². The first-order valence-electron chi connectivity index (χ1n) is 7.96. The molecule has 3 rings (SSSR count). The lowest BCUT2D eigenvalue weighted by molar-refractivity contribution is 0.0638. The molecule has 0 atom stereocenters. The molecule has 1 saturated heterocycles. The van der Waals surface area contributed by atoms with Crippen LogP contribution in [-0.4, -0.2) is 65.9 Å². The quantitative estimate of drug-likeness (QED) is 0.889. The van der Waals surface area contributed by atoms with Crippen LogP contribution in [-0.2, 0) is 0 Å². The SMILES string of the molecule is O=C(NCCN1CCN(C(=O)c2ccsc2)CC1)c1ccncc1. The van der Waals surface area contributed by atoms with Crippen LogP contribution >= 0.6 is 11.3 Å². The van der Waals surface area contributed by atoms with Crippen LogP contribution in [0.15, 0.2) is 41.4 Å². The molecule has 6 nitrogen and oxygen atoms in total. The number of pyridine rings is 1. The Bertz CT molecular complexity index is 667. The van der Waals surface area contributed by atoms with E-state index in [2.05, 4.69) is 15.2 Å². The maximum atomic E-state index is 12.3. The van der Waals surface area contributed by atoms with Crippen LogP contribution in [0.5, 0.6) is 0 Å². The molecular weight excluding hydrogens is 324 g/mol. The molecule has 0 saturated carbocycles. The molecule has 3 heterocycles. The van der Waals surface area contributed by atoms with E-state index in [1.54, 1.807) is 35.9 Å². The minimum absolute atomic E-state index is 0.0799. The third kappa shape index (κ3) is 4.18. The largest absolute Gasteiger partial charge is 0.351 e. The summed E-state index contributed by atoms with van der Waals surface area (Å²) < 4.78 is 0. The second-order valence-corrected chi connectivity index (χ2v) is 6.42. The van der Waals surface area contributed by atoms with Gasteiger partial charge in [-0.05, 0) is 23.6 Å². The highest BCUT2D eigenvalue weighted by Crippen LogP contribution is 2.11. The molecule has 0 unspecified atom stereocenters. The van der Waals surface area contributed by atoms with E-state index >= 15 is 0 Å². The number of nitrogens with zero attached hydrogens (tertiary/aromatic N) is 3. The summed E-state index contributed by atoms with van der Waals surface area (Å²) in [5.41, 5.74) is 1.40. The molecule has 0 bridgehead atoms. The zero-order valence-corrected chi connectivity index (χ0v) is 14.2. The van der Waals surface area contributed by atoms with Crippen molar-refractivity contribution < 1.29 is 9.59 Å². The van der Waals surface area contributed by atoms with Crippen molar-refractivity contribution in [2.45, 2.75) is 0 Å². The number of thiophene rings is 1. The van der Waals surface area contributed by atoms with Crippen molar-refractivity contribution in [3.8, 4) is 0 Å². The predicted molar refractivity (Wildman–Crippen MR) is 93.2 cm³/mol. The topological polar surface area (TPSA) is 65.5 Å². The number of rotatable bonds is 5. The summed E-state index contributed by atoms with van der Waals surface area (Å²) in [4.78, 5) is 32.3. The van der Waals surface area contributed by atoms with Gasteiger partial charge in [-0.3, -0.25) is 19.5 Å². The fourth-order valence-corrected chi connectivity index (χ4v) is 3.31. The van der Waals surface area contributed by atoms with Gasteiger partial charge in [0.1, 0.15) is 0 Å². The monoisotopic (exact) mass is 344 g/mol. The Labute approximate surface area is 145 Å².